The molecule has 0 spiro atoms. The summed E-state index contributed by atoms with van der Waals surface area (Å²) < 4.78 is 5.72. The van der Waals surface area contributed by atoms with E-state index in [4.69, 9.17) is 4.74 Å². The van der Waals surface area contributed by atoms with Crippen LogP contribution in [0.4, 0.5) is 0 Å². The van der Waals surface area contributed by atoms with E-state index in [9.17, 15) is 0 Å². The number of benzene rings is 1. The molecule has 1 fully saturated rings. The molecule has 1 aliphatic rings. The number of halogens is 2. The van der Waals surface area contributed by atoms with E-state index in [0.29, 0.717) is 12.0 Å². The molecule has 0 aliphatic carbocycles. The van der Waals surface area contributed by atoms with Crippen LogP contribution >= 0.6 is 24.8 Å². The summed E-state index contributed by atoms with van der Waals surface area (Å²) in [6.07, 6.45) is 2.46. The normalized spacial score (nSPS) is 16.3. The number of nitrogens with zero attached hydrogens (tertiary/aromatic N) is 1. The minimum absolute atomic E-state index is 0. The molecule has 0 aromatic heterocycles. The fraction of sp³-hybridized carbons (Fsp3) is 0.700. The average Bonchev–Trinajstić information content (AvgIpc) is 2.55. The van der Waals surface area contributed by atoms with Gasteiger partial charge in [0.15, 0.2) is 0 Å². The van der Waals surface area contributed by atoms with Gasteiger partial charge < -0.3 is 10.1 Å². The summed E-state index contributed by atoms with van der Waals surface area (Å²) in [5, 5.41) is 3.47. The van der Waals surface area contributed by atoms with Gasteiger partial charge in [-0.3, -0.25) is 4.90 Å². The Kier molecular flexibility index (Phi) is 11.8. The Balaban J connectivity index is 0.00000288. The predicted octanol–water partition coefficient (Wildman–Crippen LogP) is 5.04. The number of rotatable bonds is 7. The lowest BCUT2D eigenvalue weighted by atomic mass is 9.91. The highest BCUT2D eigenvalue weighted by Crippen LogP contribution is 2.36. The maximum Gasteiger partial charge on any atom is 0.123 e. The lowest BCUT2D eigenvalue weighted by molar-refractivity contribution is 0.157. The molecule has 146 valence electrons. The van der Waals surface area contributed by atoms with Gasteiger partial charge in [0, 0.05) is 37.8 Å². The summed E-state index contributed by atoms with van der Waals surface area (Å²) in [6, 6.07) is 7.23. The molecular formula is C20H36Cl2N2O. The van der Waals surface area contributed by atoms with Crippen LogP contribution in [0.2, 0.25) is 0 Å². The van der Waals surface area contributed by atoms with Crippen molar-refractivity contribution in [3.8, 4) is 5.75 Å². The maximum absolute atomic E-state index is 5.72. The standard InChI is InChI=1S/C20H34N2O.2ClH/c1-15(2)6-8-19(22-12-10-21-11-13-22)18-14-17(16(3)4)7-9-20(18)23-5;;/h7,9,14-16,19,21H,6,8,10-13H2,1-5H3;2*1H/t19-;;/m0../s1. The number of nitrogens with one attached hydrogen (secondary N) is 1. The summed E-state index contributed by atoms with van der Waals surface area (Å²) in [5.41, 5.74) is 2.78. The van der Waals surface area contributed by atoms with E-state index < -0.39 is 0 Å². The third-order valence-corrected chi connectivity index (χ3v) is 4.89. The van der Waals surface area contributed by atoms with Crippen molar-refractivity contribution in [2.24, 2.45) is 5.92 Å². The van der Waals surface area contributed by atoms with E-state index in [0.717, 1.165) is 37.8 Å². The number of methoxy groups -OCH3 is 1. The molecule has 2 rings (SSSR count). The first-order valence-electron chi connectivity index (χ1n) is 9.15. The summed E-state index contributed by atoms with van der Waals surface area (Å²) in [6.45, 7) is 13.6. The minimum Gasteiger partial charge on any atom is -0.496 e. The summed E-state index contributed by atoms with van der Waals surface area (Å²) in [4.78, 5) is 2.64. The molecular weight excluding hydrogens is 355 g/mol. The van der Waals surface area contributed by atoms with Gasteiger partial charge in [0.1, 0.15) is 5.75 Å². The van der Waals surface area contributed by atoms with Crippen molar-refractivity contribution >= 4 is 24.8 Å². The lowest BCUT2D eigenvalue weighted by Crippen LogP contribution is -2.45. The topological polar surface area (TPSA) is 24.5 Å². The molecule has 1 atom stereocenters. The van der Waals surface area contributed by atoms with Gasteiger partial charge in [0.2, 0.25) is 0 Å². The highest BCUT2D eigenvalue weighted by Gasteiger charge is 2.25. The smallest absolute Gasteiger partial charge is 0.123 e. The van der Waals surface area contributed by atoms with E-state index in [1.165, 1.54) is 24.0 Å². The van der Waals surface area contributed by atoms with Crippen LogP contribution < -0.4 is 10.1 Å². The molecule has 0 bridgehead atoms. The van der Waals surface area contributed by atoms with Gasteiger partial charge in [-0.1, -0.05) is 39.8 Å². The average molecular weight is 391 g/mol. The largest absolute Gasteiger partial charge is 0.496 e. The molecule has 3 nitrogen and oxygen atoms in total. The first-order valence-corrected chi connectivity index (χ1v) is 9.15. The van der Waals surface area contributed by atoms with Crippen molar-refractivity contribution in [3.05, 3.63) is 29.3 Å². The monoisotopic (exact) mass is 390 g/mol. The zero-order valence-electron chi connectivity index (χ0n) is 16.4. The van der Waals surface area contributed by atoms with Crippen molar-refractivity contribution in [2.75, 3.05) is 33.3 Å². The van der Waals surface area contributed by atoms with Crippen molar-refractivity contribution in [3.63, 3.8) is 0 Å². The number of hydrogen-bond acceptors (Lipinski definition) is 3. The highest BCUT2D eigenvalue weighted by atomic mass is 35.5. The van der Waals surface area contributed by atoms with E-state index in [-0.39, 0.29) is 24.8 Å². The zero-order valence-corrected chi connectivity index (χ0v) is 18.0. The molecule has 1 aliphatic heterocycles. The molecule has 0 radical (unpaired) electrons. The predicted molar refractivity (Wildman–Crippen MR) is 113 cm³/mol. The Bertz CT molecular complexity index is 489. The van der Waals surface area contributed by atoms with Crippen LogP contribution in [0, 0.1) is 5.92 Å². The van der Waals surface area contributed by atoms with Crippen LogP contribution in [-0.2, 0) is 0 Å². The third kappa shape index (κ3) is 6.97. The molecule has 1 N–H and O–H groups in total. The third-order valence-electron chi connectivity index (χ3n) is 4.89. The van der Waals surface area contributed by atoms with Crippen LogP contribution in [0.5, 0.6) is 5.75 Å². The molecule has 1 aromatic rings. The van der Waals surface area contributed by atoms with Crippen molar-refractivity contribution in [1.29, 1.82) is 0 Å². The van der Waals surface area contributed by atoms with Crippen LogP contribution in [0.25, 0.3) is 0 Å². The Hall–Kier alpha value is -0.480. The second-order valence-corrected chi connectivity index (χ2v) is 7.43. The molecule has 0 saturated carbocycles. The van der Waals surface area contributed by atoms with Crippen molar-refractivity contribution in [2.45, 2.75) is 52.5 Å². The number of ether oxygens (including phenoxy) is 1. The van der Waals surface area contributed by atoms with Crippen LogP contribution in [-0.4, -0.2) is 38.2 Å². The van der Waals surface area contributed by atoms with E-state index in [2.05, 4.69) is 56.1 Å². The summed E-state index contributed by atoms with van der Waals surface area (Å²) in [7, 11) is 1.80. The van der Waals surface area contributed by atoms with Crippen molar-refractivity contribution in [1.82, 2.24) is 10.2 Å². The fourth-order valence-corrected chi connectivity index (χ4v) is 3.39. The molecule has 0 unspecified atom stereocenters. The second kappa shape index (κ2) is 12.0. The SMILES string of the molecule is COc1ccc(C(C)C)cc1[C@H](CCC(C)C)N1CCNCC1.Cl.Cl. The van der Waals surface area contributed by atoms with E-state index >= 15 is 0 Å². The van der Waals surface area contributed by atoms with Crippen molar-refractivity contribution < 1.29 is 4.74 Å². The van der Waals surface area contributed by atoms with Gasteiger partial charge in [0.05, 0.1) is 7.11 Å². The van der Waals surface area contributed by atoms with E-state index in [1.54, 1.807) is 7.11 Å². The van der Waals surface area contributed by atoms with Gasteiger partial charge in [0.25, 0.3) is 0 Å². The molecule has 1 saturated heterocycles. The highest BCUT2D eigenvalue weighted by molar-refractivity contribution is 5.85. The number of hydrogen-bond donors (Lipinski definition) is 1. The summed E-state index contributed by atoms with van der Waals surface area (Å²) in [5.74, 6) is 2.33. The first-order chi connectivity index (χ1) is 11.0. The minimum atomic E-state index is 0. The van der Waals surface area contributed by atoms with Gasteiger partial charge in [-0.15, -0.1) is 24.8 Å². The van der Waals surface area contributed by atoms with E-state index in [1.807, 2.05) is 0 Å². The molecule has 1 aromatic carbocycles. The first kappa shape index (κ1) is 24.5. The van der Waals surface area contributed by atoms with Gasteiger partial charge >= 0.3 is 0 Å². The van der Waals surface area contributed by atoms with Crippen LogP contribution in [0.3, 0.4) is 0 Å². The molecule has 5 heteroatoms. The Morgan fingerprint density at radius 2 is 1.68 bits per heavy atom. The molecule has 0 amide bonds. The molecule has 25 heavy (non-hydrogen) atoms. The maximum atomic E-state index is 5.72. The molecule has 1 heterocycles. The van der Waals surface area contributed by atoms with Gasteiger partial charge in [-0.25, -0.2) is 0 Å². The fourth-order valence-electron chi connectivity index (χ4n) is 3.39. The van der Waals surface area contributed by atoms with Crippen LogP contribution in [0.15, 0.2) is 18.2 Å². The Labute approximate surface area is 166 Å². The second-order valence-electron chi connectivity index (χ2n) is 7.43. The lowest BCUT2D eigenvalue weighted by Gasteiger charge is -2.36. The van der Waals surface area contributed by atoms with Gasteiger partial charge in [-0.2, -0.15) is 0 Å². The Morgan fingerprint density at radius 1 is 1.04 bits per heavy atom. The van der Waals surface area contributed by atoms with Gasteiger partial charge in [-0.05, 0) is 36.3 Å². The number of piperazine rings is 1. The zero-order chi connectivity index (χ0) is 16.8. The van der Waals surface area contributed by atoms with Crippen LogP contribution in [0.1, 0.15) is 63.6 Å². The summed E-state index contributed by atoms with van der Waals surface area (Å²) >= 11 is 0. The quantitative estimate of drug-likeness (QED) is 0.704. The Morgan fingerprint density at radius 3 is 2.20 bits per heavy atom.